The summed E-state index contributed by atoms with van der Waals surface area (Å²) in [5, 5.41) is 0. The molecular formula is C17H30O2. The van der Waals surface area contributed by atoms with Crippen molar-refractivity contribution >= 4 is 5.97 Å². The van der Waals surface area contributed by atoms with Crippen molar-refractivity contribution < 1.29 is 9.53 Å². The summed E-state index contributed by atoms with van der Waals surface area (Å²) in [6.07, 6.45) is 11.1. The van der Waals surface area contributed by atoms with Crippen molar-refractivity contribution in [2.24, 2.45) is 0 Å². The smallest absolute Gasteiger partial charge is 0.333 e. The Morgan fingerprint density at radius 2 is 1.58 bits per heavy atom. The van der Waals surface area contributed by atoms with Crippen molar-refractivity contribution in [3.8, 4) is 0 Å². The van der Waals surface area contributed by atoms with Gasteiger partial charge < -0.3 is 4.74 Å². The molecule has 110 valence electrons. The maximum atomic E-state index is 11.9. The van der Waals surface area contributed by atoms with Crippen LogP contribution in [-0.4, -0.2) is 11.6 Å². The maximum absolute atomic E-state index is 11.9. The Kier molecular flexibility index (Phi) is 10.9. The average Bonchev–Trinajstić information content (AvgIpc) is 2.25. The fraction of sp³-hybridized carbons (Fsp3) is 0.706. The summed E-state index contributed by atoms with van der Waals surface area (Å²) in [6.45, 7) is 5.97. The lowest BCUT2D eigenvalue weighted by atomic mass is 9.88. The van der Waals surface area contributed by atoms with Gasteiger partial charge in [-0.05, 0) is 46.0 Å². The molecule has 19 heavy (non-hydrogen) atoms. The molecule has 0 amide bonds. The van der Waals surface area contributed by atoms with Crippen molar-refractivity contribution in [1.82, 2.24) is 0 Å². The van der Waals surface area contributed by atoms with Crippen LogP contribution in [0.2, 0.25) is 0 Å². The highest BCUT2D eigenvalue weighted by Gasteiger charge is 2.29. The number of hydrogen-bond acceptors (Lipinski definition) is 2. The zero-order valence-corrected chi connectivity index (χ0v) is 13.0. The van der Waals surface area contributed by atoms with Crippen LogP contribution in [0.4, 0.5) is 0 Å². The number of carbonyl (C=O) groups is 1. The minimum absolute atomic E-state index is 0. The van der Waals surface area contributed by atoms with Crippen molar-refractivity contribution in [3.63, 3.8) is 0 Å². The summed E-state index contributed by atoms with van der Waals surface area (Å²) >= 11 is 0. The monoisotopic (exact) mass is 266 g/mol. The highest BCUT2D eigenvalue weighted by molar-refractivity contribution is 5.88. The second-order valence-electron chi connectivity index (χ2n) is 5.40. The third kappa shape index (κ3) is 7.39. The third-order valence-electron chi connectivity index (χ3n) is 3.58. The quantitative estimate of drug-likeness (QED) is 0.528. The normalized spacial score (nSPS) is 19.2. The Hall–Kier alpha value is -0.790. The Balaban J connectivity index is 0. The topological polar surface area (TPSA) is 26.3 Å². The molecule has 0 aromatic carbocycles. The Morgan fingerprint density at radius 1 is 1.11 bits per heavy atom. The summed E-state index contributed by atoms with van der Waals surface area (Å²) in [4.78, 5) is 11.9. The molecule has 0 saturated heterocycles. The zero-order chi connectivity index (χ0) is 12.7. The molecule has 0 aliphatic heterocycles. The third-order valence-corrected chi connectivity index (χ3v) is 3.58. The highest BCUT2D eigenvalue weighted by Crippen LogP contribution is 2.30. The summed E-state index contributed by atoms with van der Waals surface area (Å²) in [7, 11) is 0. The van der Waals surface area contributed by atoms with E-state index in [9.17, 15) is 4.79 Å². The fourth-order valence-electron chi connectivity index (χ4n) is 2.45. The van der Waals surface area contributed by atoms with E-state index < -0.39 is 0 Å². The van der Waals surface area contributed by atoms with E-state index >= 15 is 0 Å². The molecule has 0 spiro atoms. The van der Waals surface area contributed by atoms with Crippen LogP contribution >= 0.6 is 0 Å². The van der Waals surface area contributed by atoms with E-state index in [-0.39, 0.29) is 26.4 Å². The Labute approximate surface area is 120 Å². The minimum atomic E-state index is -0.236. The number of hydrogen-bond donors (Lipinski definition) is 0. The maximum Gasteiger partial charge on any atom is 0.333 e. The predicted molar refractivity (Wildman–Crippen MR) is 81.6 cm³/mol. The van der Waals surface area contributed by atoms with Crippen LogP contribution in [0, 0.1) is 14.9 Å². The van der Waals surface area contributed by atoms with Crippen LogP contribution in [0.25, 0.3) is 0 Å². The van der Waals surface area contributed by atoms with Crippen LogP contribution in [0.15, 0.2) is 11.6 Å². The molecule has 0 bridgehead atoms. The van der Waals surface area contributed by atoms with Gasteiger partial charge in [-0.1, -0.05) is 47.1 Å². The van der Waals surface area contributed by atoms with Gasteiger partial charge in [-0.3, -0.25) is 0 Å². The molecule has 0 heterocycles. The standard InChI is InChI=1S/C15H26O2.2CH2/c1-4-10-13(2)14(16)17-15(3)11-8-6-5-7-9-12-15;;/h10H,4-9,11-12H2,1-3H3;2*1H2. The lowest BCUT2D eigenvalue weighted by Crippen LogP contribution is -2.32. The highest BCUT2D eigenvalue weighted by atomic mass is 16.6. The summed E-state index contributed by atoms with van der Waals surface area (Å²) in [5.41, 5.74) is 0.510. The van der Waals surface area contributed by atoms with Crippen molar-refractivity contribution in [2.75, 3.05) is 0 Å². The van der Waals surface area contributed by atoms with Gasteiger partial charge in [0.1, 0.15) is 5.60 Å². The van der Waals surface area contributed by atoms with Crippen LogP contribution in [-0.2, 0) is 9.53 Å². The Bertz CT molecular complexity index is 271. The number of rotatable bonds is 3. The van der Waals surface area contributed by atoms with Gasteiger partial charge in [0.15, 0.2) is 0 Å². The van der Waals surface area contributed by atoms with E-state index in [0.717, 1.165) is 24.8 Å². The van der Waals surface area contributed by atoms with E-state index in [2.05, 4.69) is 6.92 Å². The molecule has 0 atom stereocenters. The van der Waals surface area contributed by atoms with Crippen LogP contribution in [0.3, 0.4) is 0 Å². The van der Waals surface area contributed by atoms with E-state index in [0.29, 0.717) is 0 Å². The van der Waals surface area contributed by atoms with Crippen molar-refractivity contribution in [2.45, 2.75) is 77.7 Å². The van der Waals surface area contributed by atoms with Crippen molar-refractivity contribution in [3.05, 3.63) is 26.5 Å². The molecule has 0 N–H and O–H groups in total. The van der Waals surface area contributed by atoms with Crippen LogP contribution in [0.1, 0.15) is 72.1 Å². The van der Waals surface area contributed by atoms with Gasteiger partial charge in [0.2, 0.25) is 0 Å². The number of allylic oxidation sites excluding steroid dienone is 1. The van der Waals surface area contributed by atoms with Gasteiger partial charge in [-0.25, -0.2) is 4.79 Å². The lowest BCUT2D eigenvalue weighted by molar-refractivity contribution is -0.155. The Morgan fingerprint density at radius 3 is 2.05 bits per heavy atom. The molecule has 1 aliphatic rings. The van der Waals surface area contributed by atoms with Crippen LogP contribution in [0.5, 0.6) is 0 Å². The van der Waals surface area contributed by atoms with Gasteiger partial charge in [-0.15, -0.1) is 0 Å². The van der Waals surface area contributed by atoms with Crippen LogP contribution < -0.4 is 0 Å². The van der Waals surface area contributed by atoms with E-state index in [1.165, 1.54) is 32.1 Å². The molecule has 2 nitrogen and oxygen atoms in total. The number of ether oxygens (including phenoxy) is 1. The van der Waals surface area contributed by atoms with E-state index in [1.54, 1.807) is 0 Å². The first-order chi connectivity index (χ1) is 8.07. The first-order valence-electron chi connectivity index (χ1n) is 6.97. The molecule has 0 unspecified atom stereocenters. The summed E-state index contributed by atoms with van der Waals surface area (Å²) < 4.78 is 5.72. The second-order valence-corrected chi connectivity index (χ2v) is 5.40. The van der Waals surface area contributed by atoms with E-state index in [4.69, 9.17) is 4.74 Å². The van der Waals surface area contributed by atoms with E-state index in [1.807, 2.05) is 19.9 Å². The molecule has 1 saturated carbocycles. The van der Waals surface area contributed by atoms with Crippen molar-refractivity contribution in [1.29, 1.82) is 0 Å². The lowest BCUT2D eigenvalue weighted by Gasteiger charge is -2.31. The van der Waals surface area contributed by atoms with Gasteiger partial charge in [0, 0.05) is 5.57 Å². The van der Waals surface area contributed by atoms with Gasteiger partial charge in [0.25, 0.3) is 0 Å². The molecule has 0 aromatic rings. The van der Waals surface area contributed by atoms with Gasteiger partial charge in [-0.2, -0.15) is 0 Å². The predicted octanol–water partition coefficient (Wildman–Crippen LogP) is 5.04. The largest absolute Gasteiger partial charge is 0.456 e. The summed E-state index contributed by atoms with van der Waals surface area (Å²) in [5.74, 6) is -0.130. The zero-order valence-electron chi connectivity index (χ0n) is 13.0. The molecule has 1 fully saturated rings. The minimum Gasteiger partial charge on any atom is -0.456 e. The molecule has 1 aliphatic carbocycles. The molecule has 0 aromatic heterocycles. The first-order valence-corrected chi connectivity index (χ1v) is 6.97. The second kappa shape index (κ2) is 10.1. The molecule has 2 heteroatoms. The number of esters is 1. The summed E-state index contributed by atoms with van der Waals surface area (Å²) in [6, 6.07) is 0. The fourth-order valence-corrected chi connectivity index (χ4v) is 2.45. The first kappa shape index (κ1) is 20.5. The number of carbonyl (C=O) groups excluding carboxylic acids is 1. The van der Waals surface area contributed by atoms with Gasteiger partial charge in [0.05, 0.1) is 0 Å². The molecule has 1 rings (SSSR count). The SMILES string of the molecule is CCC=C(C)C(=O)OC1(C)CCCCCCC1.[CH2].[CH2]. The molecular weight excluding hydrogens is 236 g/mol. The van der Waals surface area contributed by atoms with Gasteiger partial charge >= 0.3 is 5.97 Å². The molecule has 4 radical (unpaired) electrons. The average molecular weight is 266 g/mol.